The lowest BCUT2D eigenvalue weighted by Gasteiger charge is -2.05. The molecule has 0 aromatic heterocycles. The van der Waals surface area contributed by atoms with Crippen molar-refractivity contribution in [2.45, 2.75) is 6.42 Å². The first kappa shape index (κ1) is 15.4. The van der Waals surface area contributed by atoms with Crippen LogP contribution in [0.4, 0.5) is 0 Å². The number of amides is 1. The second kappa shape index (κ2) is 6.51. The second-order valence-corrected chi connectivity index (χ2v) is 6.60. The lowest BCUT2D eigenvalue weighted by Crippen LogP contribution is -2.27. The van der Waals surface area contributed by atoms with Crippen LogP contribution >= 0.6 is 27.5 Å². The summed E-state index contributed by atoms with van der Waals surface area (Å²) in [5.74, 6) is -0.445. The van der Waals surface area contributed by atoms with Crippen LogP contribution in [0.1, 0.15) is 16.8 Å². The van der Waals surface area contributed by atoms with Crippen LogP contribution in [-0.4, -0.2) is 26.6 Å². The van der Waals surface area contributed by atoms with E-state index in [9.17, 15) is 13.2 Å². The van der Waals surface area contributed by atoms with Gasteiger partial charge in [-0.25, -0.2) is 13.6 Å². The minimum absolute atomic E-state index is 0.155. The maximum atomic E-state index is 11.7. The van der Waals surface area contributed by atoms with E-state index in [2.05, 4.69) is 21.2 Å². The van der Waals surface area contributed by atoms with Gasteiger partial charge in [0.2, 0.25) is 10.0 Å². The zero-order chi connectivity index (χ0) is 13.8. The molecule has 0 saturated heterocycles. The van der Waals surface area contributed by atoms with Gasteiger partial charge in [-0.2, -0.15) is 0 Å². The fourth-order valence-electron chi connectivity index (χ4n) is 1.21. The van der Waals surface area contributed by atoms with Crippen LogP contribution in [0, 0.1) is 0 Å². The molecule has 5 nitrogen and oxygen atoms in total. The van der Waals surface area contributed by atoms with Gasteiger partial charge in [0.25, 0.3) is 5.91 Å². The Morgan fingerprint density at radius 3 is 2.67 bits per heavy atom. The highest BCUT2D eigenvalue weighted by molar-refractivity contribution is 9.10. The summed E-state index contributed by atoms with van der Waals surface area (Å²) in [6.45, 7) is 0.246. The summed E-state index contributed by atoms with van der Waals surface area (Å²) in [6, 6.07) is 4.78. The minimum atomic E-state index is -3.48. The number of rotatable bonds is 5. The molecule has 8 heteroatoms. The molecule has 0 fully saturated rings. The first-order valence-corrected chi connectivity index (χ1v) is 7.92. The normalized spacial score (nSPS) is 11.3. The fourth-order valence-corrected chi connectivity index (χ4v) is 2.26. The van der Waals surface area contributed by atoms with Crippen LogP contribution in [-0.2, 0) is 10.0 Å². The van der Waals surface area contributed by atoms with Crippen LogP contribution in [0.25, 0.3) is 0 Å². The monoisotopic (exact) mass is 354 g/mol. The van der Waals surface area contributed by atoms with Crippen molar-refractivity contribution >= 4 is 43.5 Å². The summed E-state index contributed by atoms with van der Waals surface area (Å²) in [5, 5.41) is 7.95. The first-order valence-electron chi connectivity index (χ1n) is 5.03. The molecule has 18 heavy (non-hydrogen) atoms. The van der Waals surface area contributed by atoms with E-state index < -0.39 is 10.0 Å². The van der Waals surface area contributed by atoms with Crippen molar-refractivity contribution in [2.24, 2.45) is 5.14 Å². The van der Waals surface area contributed by atoms with Gasteiger partial charge in [0.15, 0.2) is 0 Å². The van der Waals surface area contributed by atoms with Crippen LogP contribution < -0.4 is 10.5 Å². The van der Waals surface area contributed by atoms with E-state index in [1.165, 1.54) is 0 Å². The Kier molecular flexibility index (Phi) is 5.58. The Morgan fingerprint density at radius 1 is 1.44 bits per heavy atom. The van der Waals surface area contributed by atoms with Gasteiger partial charge >= 0.3 is 0 Å². The van der Waals surface area contributed by atoms with Crippen LogP contribution in [0.2, 0.25) is 5.02 Å². The molecular weight excluding hydrogens is 344 g/mol. The summed E-state index contributed by atoms with van der Waals surface area (Å²) in [5.41, 5.74) is 0.446. The van der Waals surface area contributed by atoms with Gasteiger partial charge in [-0.1, -0.05) is 11.6 Å². The molecule has 100 valence electrons. The maximum absolute atomic E-state index is 11.7. The number of carbonyl (C=O) groups is 1. The molecule has 1 aromatic rings. The zero-order valence-corrected chi connectivity index (χ0v) is 12.5. The molecule has 0 unspecified atom stereocenters. The van der Waals surface area contributed by atoms with E-state index in [1.807, 2.05) is 0 Å². The first-order chi connectivity index (χ1) is 8.29. The van der Waals surface area contributed by atoms with E-state index in [0.29, 0.717) is 15.1 Å². The van der Waals surface area contributed by atoms with Gasteiger partial charge in [0.05, 0.1) is 10.8 Å². The molecule has 0 spiro atoms. The van der Waals surface area contributed by atoms with Crippen molar-refractivity contribution in [3.63, 3.8) is 0 Å². The van der Waals surface area contributed by atoms with E-state index in [4.69, 9.17) is 16.7 Å². The molecule has 0 saturated carbocycles. The Morgan fingerprint density at radius 2 is 2.11 bits per heavy atom. The molecule has 1 aromatic carbocycles. The van der Waals surface area contributed by atoms with Crippen molar-refractivity contribution in [3.05, 3.63) is 33.3 Å². The van der Waals surface area contributed by atoms with Crippen molar-refractivity contribution in [1.29, 1.82) is 0 Å². The number of sulfonamides is 1. The number of nitrogens with one attached hydrogen (secondary N) is 1. The number of primary sulfonamides is 1. The van der Waals surface area contributed by atoms with E-state index in [-0.39, 0.29) is 24.6 Å². The second-order valence-electron chi connectivity index (χ2n) is 3.61. The van der Waals surface area contributed by atoms with Crippen molar-refractivity contribution in [1.82, 2.24) is 5.32 Å². The molecule has 0 atom stereocenters. The van der Waals surface area contributed by atoms with E-state index in [1.54, 1.807) is 18.2 Å². The minimum Gasteiger partial charge on any atom is -0.352 e. The number of carbonyl (C=O) groups excluding carboxylic acids is 1. The molecule has 0 heterocycles. The van der Waals surface area contributed by atoms with Gasteiger partial charge in [-0.15, -0.1) is 0 Å². The average molecular weight is 356 g/mol. The van der Waals surface area contributed by atoms with Gasteiger partial charge in [0, 0.05) is 16.6 Å². The molecular formula is C10H12BrClN2O3S. The Bertz CT molecular complexity index is 548. The Balaban J connectivity index is 2.48. The predicted octanol–water partition coefficient (Wildman–Crippen LogP) is 1.51. The number of hydrogen-bond acceptors (Lipinski definition) is 3. The molecule has 0 bridgehead atoms. The molecule has 0 aliphatic heterocycles. The third-order valence-corrected chi connectivity index (χ3v) is 4.14. The number of halogens is 2. The summed E-state index contributed by atoms with van der Waals surface area (Å²) in [6.07, 6.45) is 0.277. The van der Waals surface area contributed by atoms with Crippen molar-refractivity contribution in [2.75, 3.05) is 12.3 Å². The van der Waals surface area contributed by atoms with Crippen LogP contribution in [0.5, 0.6) is 0 Å². The summed E-state index contributed by atoms with van der Waals surface area (Å²) in [4.78, 5) is 11.7. The highest BCUT2D eigenvalue weighted by atomic mass is 79.9. The number of hydrogen-bond donors (Lipinski definition) is 2. The number of benzene rings is 1. The standard InChI is InChI=1S/C10H12BrClN2O3S/c11-8-6-7(2-3-9(8)12)10(15)14-4-1-5-18(13,16)17/h2-3,6H,1,4-5H2,(H,14,15)(H2,13,16,17). The molecule has 0 radical (unpaired) electrons. The van der Waals surface area contributed by atoms with Crippen LogP contribution in [0.3, 0.4) is 0 Å². The molecule has 1 amide bonds. The van der Waals surface area contributed by atoms with E-state index in [0.717, 1.165) is 0 Å². The fraction of sp³-hybridized carbons (Fsp3) is 0.300. The predicted molar refractivity (Wildman–Crippen MR) is 74.1 cm³/mol. The molecule has 3 N–H and O–H groups in total. The van der Waals surface area contributed by atoms with Gasteiger partial charge < -0.3 is 5.32 Å². The molecule has 1 rings (SSSR count). The van der Waals surface area contributed by atoms with Crippen molar-refractivity contribution < 1.29 is 13.2 Å². The van der Waals surface area contributed by atoms with Gasteiger partial charge in [0.1, 0.15) is 0 Å². The topological polar surface area (TPSA) is 89.3 Å². The van der Waals surface area contributed by atoms with Gasteiger partial charge in [-0.05, 0) is 40.5 Å². The molecule has 0 aliphatic carbocycles. The lowest BCUT2D eigenvalue weighted by atomic mass is 10.2. The zero-order valence-electron chi connectivity index (χ0n) is 9.32. The Labute approximate surface area is 119 Å². The SMILES string of the molecule is NS(=O)(=O)CCCNC(=O)c1ccc(Cl)c(Br)c1. The van der Waals surface area contributed by atoms with Crippen LogP contribution in [0.15, 0.2) is 22.7 Å². The highest BCUT2D eigenvalue weighted by Crippen LogP contribution is 2.23. The number of nitrogens with two attached hydrogens (primary N) is 1. The largest absolute Gasteiger partial charge is 0.352 e. The van der Waals surface area contributed by atoms with Gasteiger partial charge in [-0.3, -0.25) is 4.79 Å². The van der Waals surface area contributed by atoms with E-state index >= 15 is 0 Å². The van der Waals surface area contributed by atoms with Crippen molar-refractivity contribution in [3.8, 4) is 0 Å². The lowest BCUT2D eigenvalue weighted by molar-refractivity contribution is 0.0953. The maximum Gasteiger partial charge on any atom is 0.251 e. The average Bonchev–Trinajstić information content (AvgIpc) is 2.26. The summed E-state index contributed by atoms with van der Waals surface area (Å²) < 4.78 is 22.0. The third-order valence-electron chi connectivity index (χ3n) is 2.07. The molecule has 0 aliphatic rings. The summed E-state index contributed by atoms with van der Waals surface area (Å²) in [7, 11) is -3.48. The highest BCUT2D eigenvalue weighted by Gasteiger charge is 2.08. The third kappa shape index (κ3) is 5.34. The Hall–Kier alpha value is -0.630. The smallest absolute Gasteiger partial charge is 0.251 e. The summed E-state index contributed by atoms with van der Waals surface area (Å²) >= 11 is 9.02. The quantitative estimate of drug-likeness (QED) is 0.785.